The quantitative estimate of drug-likeness (QED) is 0.620. The minimum absolute atomic E-state index is 0.0194. The van der Waals surface area contributed by atoms with Crippen LogP contribution in [0.4, 0.5) is 0 Å². The number of carbonyl (C=O) groups is 2. The van der Waals surface area contributed by atoms with Crippen LogP contribution in [0.25, 0.3) is 6.08 Å². The molecule has 1 aliphatic rings. The second-order valence-electron chi connectivity index (χ2n) is 5.36. The molecule has 0 aliphatic heterocycles. The van der Waals surface area contributed by atoms with Crippen molar-refractivity contribution in [3.63, 3.8) is 0 Å². The van der Waals surface area contributed by atoms with Gasteiger partial charge in [0.15, 0.2) is 0 Å². The zero-order chi connectivity index (χ0) is 16.3. The summed E-state index contributed by atoms with van der Waals surface area (Å²) in [6, 6.07) is 5.04. The van der Waals surface area contributed by atoms with E-state index in [4.69, 9.17) is 5.11 Å². The lowest BCUT2D eigenvalue weighted by Gasteiger charge is -2.35. The molecule has 1 aliphatic carbocycles. The summed E-state index contributed by atoms with van der Waals surface area (Å²) >= 11 is 0. The van der Waals surface area contributed by atoms with E-state index >= 15 is 0 Å². The molecule has 0 spiro atoms. The molecule has 2 atom stereocenters. The summed E-state index contributed by atoms with van der Waals surface area (Å²) in [5.74, 6) is -3.77. The molecule has 0 saturated carbocycles. The molecule has 1 aromatic rings. The van der Waals surface area contributed by atoms with E-state index in [1.54, 1.807) is 24.3 Å². The average Bonchev–Trinajstić information content (AvgIpc) is 2.47. The normalized spacial score (nSPS) is 23.1. The van der Waals surface area contributed by atoms with Crippen LogP contribution >= 0.6 is 0 Å². The number of fused-ring (bicyclic) bond motifs is 1. The summed E-state index contributed by atoms with van der Waals surface area (Å²) in [4.78, 5) is 23.4. The lowest BCUT2D eigenvalue weighted by atomic mass is 9.65. The molecule has 22 heavy (non-hydrogen) atoms. The summed E-state index contributed by atoms with van der Waals surface area (Å²) in [7, 11) is 0. The Bertz CT molecular complexity index is 621. The second-order valence-corrected chi connectivity index (χ2v) is 5.36. The van der Waals surface area contributed by atoms with E-state index in [2.05, 4.69) is 0 Å². The molecule has 0 amide bonds. The molecule has 0 fully saturated rings. The van der Waals surface area contributed by atoms with Crippen LogP contribution in [0, 0.1) is 5.41 Å². The fraction of sp³-hybridized carbons (Fsp3) is 0.375. The van der Waals surface area contributed by atoms with Crippen LogP contribution in [0.15, 0.2) is 24.3 Å². The van der Waals surface area contributed by atoms with Gasteiger partial charge >= 0.3 is 11.9 Å². The maximum absolute atomic E-state index is 11.7. The summed E-state index contributed by atoms with van der Waals surface area (Å²) in [5.41, 5.74) is 0.229. The first kappa shape index (κ1) is 16.2. The highest BCUT2D eigenvalue weighted by molar-refractivity contribution is 5.92. The van der Waals surface area contributed by atoms with Gasteiger partial charge in [0.2, 0.25) is 0 Å². The van der Waals surface area contributed by atoms with Crippen molar-refractivity contribution in [1.82, 2.24) is 0 Å². The third kappa shape index (κ3) is 2.63. The van der Waals surface area contributed by atoms with Gasteiger partial charge in [-0.05, 0) is 29.5 Å². The molecule has 1 aromatic carbocycles. The van der Waals surface area contributed by atoms with Gasteiger partial charge in [0, 0.05) is 13.2 Å². The van der Waals surface area contributed by atoms with E-state index in [1.807, 2.05) is 0 Å². The van der Waals surface area contributed by atoms with Crippen molar-refractivity contribution in [3.05, 3.63) is 41.0 Å². The van der Waals surface area contributed by atoms with E-state index in [1.165, 1.54) is 6.08 Å². The number of aliphatic hydroxyl groups is 2. The minimum atomic E-state index is -1.66. The fourth-order valence-corrected chi connectivity index (χ4v) is 3.00. The zero-order valence-corrected chi connectivity index (χ0v) is 11.9. The van der Waals surface area contributed by atoms with Crippen LogP contribution in [0.1, 0.15) is 29.0 Å². The topological polar surface area (TPSA) is 115 Å². The fourth-order valence-electron chi connectivity index (χ4n) is 3.00. The number of hydrogen-bond donors (Lipinski definition) is 4. The number of carboxylic acids is 2. The predicted octanol–water partition coefficient (Wildman–Crippen LogP) is 0.870. The number of carboxylic acid groups (broad SMARTS) is 2. The Kier molecular flexibility index (Phi) is 4.63. The number of rotatable bonds is 6. The maximum Gasteiger partial charge on any atom is 0.314 e. The summed E-state index contributed by atoms with van der Waals surface area (Å²) in [6.45, 7) is -0.438. The highest BCUT2D eigenvalue weighted by Gasteiger charge is 2.50. The second kappa shape index (κ2) is 6.29. The molecule has 0 saturated heterocycles. The van der Waals surface area contributed by atoms with Gasteiger partial charge in [-0.25, -0.2) is 0 Å². The number of benzene rings is 1. The maximum atomic E-state index is 11.7. The molecule has 2 rings (SSSR count). The van der Waals surface area contributed by atoms with Gasteiger partial charge in [-0.1, -0.05) is 30.4 Å². The van der Waals surface area contributed by atoms with E-state index in [0.29, 0.717) is 17.5 Å². The smallest absolute Gasteiger partial charge is 0.314 e. The molecule has 4 N–H and O–H groups in total. The third-order valence-electron chi connectivity index (χ3n) is 4.11. The lowest BCUT2D eigenvalue weighted by Crippen LogP contribution is -2.42. The Labute approximate surface area is 127 Å². The first-order valence-corrected chi connectivity index (χ1v) is 6.96. The average molecular weight is 306 g/mol. The summed E-state index contributed by atoms with van der Waals surface area (Å²) in [6.07, 6.45) is 3.21. The van der Waals surface area contributed by atoms with Gasteiger partial charge < -0.3 is 20.4 Å². The molecule has 0 heterocycles. The van der Waals surface area contributed by atoms with Gasteiger partial charge in [-0.3, -0.25) is 9.59 Å². The SMILES string of the molecule is O=C(O)C1c2ccc(CCO)cc2C=CC1(CCO)C(=O)O. The van der Waals surface area contributed by atoms with Gasteiger partial charge in [0.05, 0.1) is 0 Å². The predicted molar refractivity (Wildman–Crippen MR) is 78.4 cm³/mol. The monoisotopic (exact) mass is 306 g/mol. The lowest BCUT2D eigenvalue weighted by molar-refractivity contribution is -0.156. The van der Waals surface area contributed by atoms with Crippen molar-refractivity contribution in [2.75, 3.05) is 13.2 Å². The molecule has 6 heteroatoms. The van der Waals surface area contributed by atoms with Crippen molar-refractivity contribution in [1.29, 1.82) is 0 Å². The Balaban J connectivity index is 2.58. The number of aliphatic hydroxyl groups excluding tert-OH is 2. The highest BCUT2D eigenvalue weighted by atomic mass is 16.4. The van der Waals surface area contributed by atoms with Gasteiger partial charge in [0.1, 0.15) is 11.3 Å². The van der Waals surface area contributed by atoms with Gasteiger partial charge in [-0.15, -0.1) is 0 Å². The van der Waals surface area contributed by atoms with Crippen LogP contribution < -0.4 is 0 Å². The molecule has 0 aromatic heterocycles. The van der Waals surface area contributed by atoms with Crippen LogP contribution in [-0.4, -0.2) is 45.6 Å². The molecule has 6 nitrogen and oxygen atoms in total. The molecular formula is C16H18O6. The molecule has 0 radical (unpaired) electrons. The Hall–Kier alpha value is -2.18. The zero-order valence-electron chi connectivity index (χ0n) is 11.9. The van der Waals surface area contributed by atoms with E-state index < -0.39 is 29.9 Å². The van der Waals surface area contributed by atoms with E-state index in [9.17, 15) is 24.9 Å². The van der Waals surface area contributed by atoms with Crippen molar-refractivity contribution >= 4 is 18.0 Å². The van der Waals surface area contributed by atoms with Crippen LogP contribution in [0.2, 0.25) is 0 Å². The minimum Gasteiger partial charge on any atom is -0.481 e. The number of hydrogen-bond acceptors (Lipinski definition) is 4. The summed E-state index contributed by atoms with van der Waals surface area (Å²) < 4.78 is 0. The molecule has 2 unspecified atom stereocenters. The standard InChI is InChI=1S/C16H18O6/c17-7-4-10-1-2-12-11(9-10)3-5-16(6-8-18,15(21)22)13(12)14(19)20/h1-3,5,9,13,17-18H,4,6-8H2,(H,19,20)(H,21,22). The van der Waals surface area contributed by atoms with Crippen molar-refractivity contribution in [3.8, 4) is 0 Å². The summed E-state index contributed by atoms with van der Waals surface area (Å²) in [5, 5.41) is 37.2. The largest absolute Gasteiger partial charge is 0.481 e. The molecule has 0 bridgehead atoms. The van der Waals surface area contributed by atoms with Gasteiger partial charge in [0.25, 0.3) is 0 Å². The molecular weight excluding hydrogens is 288 g/mol. The van der Waals surface area contributed by atoms with Gasteiger partial charge in [-0.2, -0.15) is 0 Å². The number of aliphatic carboxylic acids is 2. The van der Waals surface area contributed by atoms with E-state index in [-0.39, 0.29) is 13.0 Å². The Morgan fingerprint density at radius 3 is 2.41 bits per heavy atom. The Morgan fingerprint density at radius 1 is 1.14 bits per heavy atom. The Morgan fingerprint density at radius 2 is 1.86 bits per heavy atom. The van der Waals surface area contributed by atoms with Crippen LogP contribution in [0.3, 0.4) is 0 Å². The third-order valence-corrected chi connectivity index (χ3v) is 4.11. The first-order chi connectivity index (χ1) is 10.5. The highest BCUT2D eigenvalue weighted by Crippen LogP contribution is 2.46. The molecule has 118 valence electrons. The van der Waals surface area contributed by atoms with Crippen molar-refractivity contribution in [2.24, 2.45) is 5.41 Å². The first-order valence-electron chi connectivity index (χ1n) is 6.96. The van der Waals surface area contributed by atoms with Crippen LogP contribution in [-0.2, 0) is 16.0 Å². The van der Waals surface area contributed by atoms with Crippen molar-refractivity contribution in [2.45, 2.75) is 18.8 Å². The van der Waals surface area contributed by atoms with E-state index in [0.717, 1.165) is 5.56 Å². The van der Waals surface area contributed by atoms with Crippen LogP contribution in [0.5, 0.6) is 0 Å². The van der Waals surface area contributed by atoms with Crippen molar-refractivity contribution < 1.29 is 30.0 Å².